The number of aromatic nitrogens is 2. The fourth-order valence-corrected chi connectivity index (χ4v) is 1.62. The SMILES string of the molecule is CCCC(C)C(N)c1cncn1C. The first kappa shape index (κ1) is 10.3. The molecule has 0 bridgehead atoms. The Balaban J connectivity index is 2.67. The third kappa shape index (κ3) is 2.31. The summed E-state index contributed by atoms with van der Waals surface area (Å²) < 4.78 is 2.00. The molecule has 2 atom stereocenters. The largest absolute Gasteiger partial charge is 0.336 e. The summed E-state index contributed by atoms with van der Waals surface area (Å²) in [7, 11) is 1.99. The number of nitrogens with zero attached hydrogens (tertiary/aromatic N) is 2. The Morgan fingerprint density at radius 2 is 2.31 bits per heavy atom. The number of hydrogen-bond donors (Lipinski definition) is 1. The Hall–Kier alpha value is -0.830. The highest BCUT2D eigenvalue weighted by Gasteiger charge is 2.16. The van der Waals surface area contributed by atoms with E-state index in [0.29, 0.717) is 5.92 Å². The van der Waals surface area contributed by atoms with Crippen LogP contribution in [-0.4, -0.2) is 9.55 Å². The number of rotatable bonds is 4. The van der Waals surface area contributed by atoms with E-state index >= 15 is 0 Å². The van der Waals surface area contributed by atoms with Crippen LogP contribution in [0, 0.1) is 5.92 Å². The highest BCUT2D eigenvalue weighted by atomic mass is 15.0. The molecule has 13 heavy (non-hydrogen) atoms. The number of aryl methyl sites for hydroxylation is 1. The van der Waals surface area contributed by atoms with Crippen molar-refractivity contribution in [2.75, 3.05) is 0 Å². The van der Waals surface area contributed by atoms with Gasteiger partial charge in [0.2, 0.25) is 0 Å². The Kier molecular flexibility index (Phi) is 3.48. The van der Waals surface area contributed by atoms with E-state index in [1.54, 1.807) is 6.33 Å². The van der Waals surface area contributed by atoms with Crippen LogP contribution in [0.3, 0.4) is 0 Å². The molecule has 74 valence electrons. The predicted octanol–water partition coefficient (Wildman–Crippen LogP) is 1.86. The highest BCUT2D eigenvalue weighted by molar-refractivity contribution is 5.04. The number of imidazole rings is 1. The molecule has 0 aromatic carbocycles. The lowest BCUT2D eigenvalue weighted by Crippen LogP contribution is -2.21. The van der Waals surface area contributed by atoms with Crippen LogP contribution in [0.5, 0.6) is 0 Å². The van der Waals surface area contributed by atoms with Gasteiger partial charge in [0.1, 0.15) is 0 Å². The van der Waals surface area contributed by atoms with Crippen molar-refractivity contribution in [3.63, 3.8) is 0 Å². The lowest BCUT2D eigenvalue weighted by atomic mass is 9.95. The molecular weight excluding hydrogens is 162 g/mol. The van der Waals surface area contributed by atoms with E-state index in [4.69, 9.17) is 5.73 Å². The lowest BCUT2D eigenvalue weighted by molar-refractivity contribution is 0.419. The van der Waals surface area contributed by atoms with Crippen LogP contribution in [0.4, 0.5) is 0 Å². The molecule has 2 unspecified atom stereocenters. The van der Waals surface area contributed by atoms with E-state index in [1.807, 2.05) is 17.8 Å². The van der Waals surface area contributed by atoms with Crippen molar-refractivity contribution >= 4 is 0 Å². The standard InChI is InChI=1S/C10H19N3/c1-4-5-8(2)10(11)9-6-12-7-13(9)3/h6-8,10H,4-5,11H2,1-3H3. The first-order chi connectivity index (χ1) is 6.16. The van der Waals surface area contributed by atoms with Gasteiger partial charge in [0, 0.05) is 19.3 Å². The third-order valence-electron chi connectivity index (χ3n) is 2.55. The lowest BCUT2D eigenvalue weighted by Gasteiger charge is -2.19. The number of hydrogen-bond acceptors (Lipinski definition) is 2. The fourth-order valence-electron chi connectivity index (χ4n) is 1.62. The molecule has 0 saturated heterocycles. The van der Waals surface area contributed by atoms with Crippen molar-refractivity contribution in [2.24, 2.45) is 18.7 Å². The molecule has 0 amide bonds. The van der Waals surface area contributed by atoms with Crippen molar-refractivity contribution in [3.05, 3.63) is 18.2 Å². The van der Waals surface area contributed by atoms with Gasteiger partial charge in [0.25, 0.3) is 0 Å². The summed E-state index contributed by atoms with van der Waals surface area (Å²) in [5, 5.41) is 0. The molecule has 3 nitrogen and oxygen atoms in total. The van der Waals surface area contributed by atoms with Crippen molar-refractivity contribution in [1.29, 1.82) is 0 Å². The first-order valence-electron chi connectivity index (χ1n) is 4.88. The van der Waals surface area contributed by atoms with Gasteiger partial charge in [-0.25, -0.2) is 4.98 Å². The van der Waals surface area contributed by atoms with E-state index in [9.17, 15) is 0 Å². The maximum Gasteiger partial charge on any atom is 0.0946 e. The first-order valence-corrected chi connectivity index (χ1v) is 4.88. The molecule has 0 aliphatic carbocycles. The molecule has 0 saturated carbocycles. The molecule has 0 radical (unpaired) electrons. The van der Waals surface area contributed by atoms with E-state index < -0.39 is 0 Å². The van der Waals surface area contributed by atoms with Crippen LogP contribution in [0.25, 0.3) is 0 Å². The van der Waals surface area contributed by atoms with E-state index in [-0.39, 0.29) is 6.04 Å². The molecule has 0 fully saturated rings. The van der Waals surface area contributed by atoms with Crippen molar-refractivity contribution in [3.8, 4) is 0 Å². The monoisotopic (exact) mass is 181 g/mol. The second-order valence-electron chi connectivity index (χ2n) is 3.72. The van der Waals surface area contributed by atoms with Gasteiger partial charge in [-0.3, -0.25) is 0 Å². The molecule has 1 rings (SSSR count). The van der Waals surface area contributed by atoms with E-state index in [1.165, 1.54) is 12.8 Å². The molecule has 3 heteroatoms. The Labute approximate surface area is 80.0 Å². The predicted molar refractivity (Wildman–Crippen MR) is 54.2 cm³/mol. The van der Waals surface area contributed by atoms with Gasteiger partial charge >= 0.3 is 0 Å². The van der Waals surface area contributed by atoms with Crippen LogP contribution < -0.4 is 5.73 Å². The summed E-state index contributed by atoms with van der Waals surface area (Å²) in [6.45, 7) is 4.38. The van der Waals surface area contributed by atoms with Gasteiger partial charge in [-0.15, -0.1) is 0 Å². The van der Waals surface area contributed by atoms with Crippen LogP contribution in [0.1, 0.15) is 38.4 Å². The minimum atomic E-state index is 0.118. The Morgan fingerprint density at radius 1 is 1.62 bits per heavy atom. The smallest absolute Gasteiger partial charge is 0.0946 e. The molecule has 2 N–H and O–H groups in total. The van der Waals surface area contributed by atoms with Crippen LogP contribution in [-0.2, 0) is 7.05 Å². The third-order valence-corrected chi connectivity index (χ3v) is 2.55. The minimum absolute atomic E-state index is 0.118. The van der Waals surface area contributed by atoms with Gasteiger partial charge in [-0.2, -0.15) is 0 Å². The quantitative estimate of drug-likeness (QED) is 0.770. The summed E-state index contributed by atoms with van der Waals surface area (Å²) in [4.78, 5) is 4.07. The molecule has 0 aliphatic rings. The summed E-state index contributed by atoms with van der Waals surface area (Å²) in [5.74, 6) is 0.528. The second kappa shape index (κ2) is 4.42. The van der Waals surface area contributed by atoms with Crippen molar-refractivity contribution in [1.82, 2.24) is 9.55 Å². The number of nitrogens with two attached hydrogens (primary N) is 1. The maximum atomic E-state index is 6.11. The molecule has 1 aromatic heterocycles. The zero-order valence-electron chi connectivity index (χ0n) is 8.70. The molecule has 1 heterocycles. The average Bonchev–Trinajstić information content (AvgIpc) is 2.50. The summed E-state index contributed by atoms with van der Waals surface area (Å²) in [6, 6.07) is 0.118. The molecule has 1 aromatic rings. The second-order valence-corrected chi connectivity index (χ2v) is 3.72. The van der Waals surface area contributed by atoms with E-state index in [0.717, 1.165) is 5.69 Å². The topological polar surface area (TPSA) is 43.8 Å². The van der Waals surface area contributed by atoms with Gasteiger partial charge in [0.15, 0.2) is 0 Å². The van der Waals surface area contributed by atoms with Crippen LogP contribution in [0.2, 0.25) is 0 Å². The minimum Gasteiger partial charge on any atom is -0.336 e. The average molecular weight is 181 g/mol. The Bertz CT molecular complexity index is 254. The van der Waals surface area contributed by atoms with Crippen LogP contribution >= 0.6 is 0 Å². The normalized spacial score (nSPS) is 15.7. The highest BCUT2D eigenvalue weighted by Crippen LogP contribution is 2.21. The summed E-state index contributed by atoms with van der Waals surface area (Å²) in [6.07, 6.45) is 6.02. The van der Waals surface area contributed by atoms with Gasteiger partial charge in [0.05, 0.1) is 12.0 Å². The van der Waals surface area contributed by atoms with Crippen LogP contribution in [0.15, 0.2) is 12.5 Å². The maximum absolute atomic E-state index is 6.11. The molecule has 0 spiro atoms. The summed E-state index contributed by atoms with van der Waals surface area (Å²) in [5.41, 5.74) is 7.23. The van der Waals surface area contributed by atoms with Gasteiger partial charge in [-0.05, 0) is 12.3 Å². The summed E-state index contributed by atoms with van der Waals surface area (Å²) >= 11 is 0. The molecule has 0 aliphatic heterocycles. The molecular formula is C10H19N3. The van der Waals surface area contributed by atoms with Crippen molar-refractivity contribution in [2.45, 2.75) is 32.7 Å². The van der Waals surface area contributed by atoms with E-state index in [2.05, 4.69) is 18.8 Å². The van der Waals surface area contributed by atoms with Gasteiger partial charge in [-0.1, -0.05) is 20.3 Å². The fraction of sp³-hybridized carbons (Fsp3) is 0.700. The van der Waals surface area contributed by atoms with Crippen molar-refractivity contribution < 1.29 is 0 Å². The zero-order valence-corrected chi connectivity index (χ0v) is 8.70. The Morgan fingerprint density at radius 3 is 2.77 bits per heavy atom. The van der Waals surface area contributed by atoms with Gasteiger partial charge < -0.3 is 10.3 Å². The zero-order chi connectivity index (χ0) is 9.84.